The van der Waals surface area contributed by atoms with Crippen LogP contribution in [0.1, 0.15) is 61.5 Å². The Balaban J connectivity index is 1.76. The van der Waals surface area contributed by atoms with E-state index in [1.807, 2.05) is 29.2 Å². The number of aliphatic hydroxyl groups is 5. The Morgan fingerprint density at radius 3 is 2.35 bits per heavy atom. The third-order valence-corrected chi connectivity index (χ3v) is 7.49. The van der Waals surface area contributed by atoms with E-state index in [-0.39, 0.29) is 35.0 Å². The van der Waals surface area contributed by atoms with Crippen molar-refractivity contribution in [3.05, 3.63) is 40.7 Å². The van der Waals surface area contributed by atoms with E-state index in [4.69, 9.17) is 38.6 Å². The smallest absolute Gasteiger partial charge is 0.280 e. The molecular weight excluding hydrogens is 620 g/mol. The number of amides is 1. The summed E-state index contributed by atoms with van der Waals surface area (Å²) in [6, 6.07) is 7.73. The molecule has 0 fully saturated rings. The fourth-order valence-corrected chi connectivity index (χ4v) is 4.63. The summed E-state index contributed by atoms with van der Waals surface area (Å²) in [5, 5.41) is 51.5. The highest BCUT2D eigenvalue weighted by molar-refractivity contribution is 6.31. The van der Waals surface area contributed by atoms with Crippen LogP contribution in [-0.2, 0) is 6.42 Å². The second kappa shape index (κ2) is 20.7. The minimum atomic E-state index is -1.66. The van der Waals surface area contributed by atoms with E-state index in [0.717, 1.165) is 50.5 Å². The zero-order valence-electron chi connectivity index (χ0n) is 26.3. The van der Waals surface area contributed by atoms with E-state index in [2.05, 4.69) is 27.2 Å². The molecule has 1 heterocycles. The lowest BCUT2D eigenvalue weighted by Crippen LogP contribution is -2.50. The Morgan fingerprint density at radius 1 is 0.978 bits per heavy atom. The monoisotopic (exact) mass is 668 g/mol. The van der Waals surface area contributed by atoms with Crippen molar-refractivity contribution in [3.8, 4) is 5.75 Å². The number of hydrogen-bond donors (Lipinski definition) is 9. The summed E-state index contributed by atoms with van der Waals surface area (Å²) in [5.41, 5.74) is 17.9. The van der Waals surface area contributed by atoms with Gasteiger partial charge in [0, 0.05) is 19.6 Å². The van der Waals surface area contributed by atoms with Crippen molar-refractivity contribution in [1.29, 1.82) is 0 Å². The molecule has 0 aliphatic rings. The van der Waals surface area contributed by atoms with Crippen molar-refractivity contribution < 1.29 is 35.1 Å². The normalized spacial score (nSPS) is 14.6. The lowest BCUT2D eigenvalue weighted by Gasteiger charge is -2.30. The van der Waals surface area contributed by atoms with E-state index < -0.39 is 36.9 Å². The number of benzene rings is 1. The van der Waals surface area contributed by atoms with E-state index in [9.17, 15) is 25.2 Å². The summed E-state index contributed by atoms with van der Waals surface area (Å²) in [7, 11) is 0. The average Bonchev–Trinajstić information content (AvgIpc) is 3.03. The number of nitrogen functional groups attached to an aromatic ring is 2. The summed E-state index contributed by atoms with van der Waals surface area (Å²) in [6.45, 7) is 3.38. The number of ether oxygens (including phenoxy) is 1. The number of carbonyl (C=O) groups excluding carboxylic acids is 1. The van der Waals surface area contributed by atoms with Gasteiger partial charge in [-0.15, -0.1) is 0 Å². The van der Waals surface area contributed by atoms with Crippen LogP contribution in [-0.4, -0.2) is 116 Å². The molecule has 1 aromatic carbocycles. The Labute approximate surface area is 274 Å². The van der Waals surface area contributed by atoms with Gasteiger partial charge < -0.3 is 47.5 Å². The van der Waals surface area contributed by atoms with Gasteiger partial charge in [0.2, 0.25) is 0 Å². The van der Waals surface area contributed by atoms with Gasteiger partial charge in [0.1, 0.15) is 30.7 Å². The van der Waals surface area contributed by atoms with Crippen LogP contribution in [0.5, 0.6) is 5.75 Å². The van der Waals surface area contributed by atoms with E-state index >= 15 is 0 Å². The number of hydrogen-bond acceptors (Lipinski definition) is 13. The molecule has 0 radical (unpaired) electrons. The van der Waals surface area contributed by atoms with Crippen LogP contribution in [0.3, 0.4) is 0 Å². The number of aryl methyl sites for hydroxylation is 1. The van der Waals surface area contributed by atoms with Crippen LogP contribution in [0.25, 0.3) is 0 Å². The summed E-state index contributed by atoms with van der Waals surface area (Å²) >= 11 is 5.81. The molecule has 0 spiro atoms. The Kier molecular flexibility index (Phi) is 17.5. The summed E-state index contributed by atoms with van der Waals surface area (Å²) in [4.78, 5) is 26.0. The van der Waals surface area contributed by atoms with Gasteiger partial charge in [-0.25, -0.2) is 9.97 Å². The number of anilines is 2. The van der Waals surface area contributed by atoms with Gasteiger partial charge in [-0.05, 0) is 49.9 Å². The molecule has 1 aromatic heterocycles. The first-order valence-corrected chi connectivity index (χ1v) is 15.8. The van der Waals surface area contributed by atoms with E-state index in [1.54, 1.807) is 0 Å². The number of carbonyl (C=O) groups is 1. The second-order valence-corrected chi connectivity index (χ2v) is 11.3. The molecule has 0 unspecified atom stereocenters. The van der Waals surface area contributed by atoms with Crippen molar-refractivity contribution >= 4 is 35.1 Å². The first-order chi connectivity index (χ1) is 22.0. The quantitative estimate of drug-likeness (QED) is 0.0485. The summed E-state index contributed by atoms with van der Waals surface area (Å²) in [6.07, 6.45) is 0.370. The van der Waals surface area contributed by atoms with Crippen LogP contribution < -0.4 is 27.3 Å². The van der Waals surface area contributed by atoms with E-state index in [0.29, 0.717) is 32.0 Å². The number of aromatic nitrogens is 2. The van der Waals surface area contributed by atoms with E-state index in [1.165, 1.54) is 0 Å². The number of guanidine groups is 1. The van der Waals surface area contributed by atoms with Crippen LogP contribution in [0, 0.1) is 0 Å². The molecule has 2 aromatic rings. The van der Waals surface area contributed by atoms with Gasteiger partial charge in [0.15, 0.2) is 28.4 Å². The molecule has 0 aliphatic carbocycles. The standard InChI is InChI=1S/C30H49ClN8O7/c1-2-3-4-7-14-39(17-21(41)24(43)25(44)22(42)18-40)15-16-46-20-11-9-19(10-12-20)8-5-6-13-35-30(34)38-29(45)23-27(32)37-28(33)26(31)36-23/h9-12,21-22,24-25,40-44H,2-8,13-18H2,1H3,(H4,32,33,37)(H3,34,35,38,45)/t21-,22+,24+,25+/m1/s1. The largest absolute Gasteiger partial charge is 0.492 e. The highest BCUT2D eigenvalue weighted by Crippen LogP contribution is 2.17. The number of aliphatic hydroxyl groups excluding tert-OH is 5. The number of nitrogens with one attached hydrogen (secondary N) is 1. The fourth-order valence-electron chi connectivity index (χ4n) is 4.50. The van der Waals surface area contributed by atoms with Gasteiger partial charge in [-0.3, -0.25) is 20.0 Å². The zero-order chi connectivity index (χ0) is 34.1. The molecule has 258 valence electrons. The van der Waals surface area contributed by atoms with Crippen LogP contribution in [0.15, 0.2) is 29.3 Å². The molecular formula is C30H49ClN8O7. The van der Waals surface area contributed by atoms with Crippen molar-refractivity contribution in [2.24, 2.45) is 10.7 Å². The summed E-state index contributed by atoms with van der Waals surface area (Å²) < 4.78 is 5.91. The van der Waals surface area contributed by atoms with Crippen molar-refractivity contribution in [3.63, 3.8) is 0 Å². The van der Waals surface area contributed by atoms with Gasteiger partial charge in [-0.2, -0.15) is 0 Å². The maximum atomic E-state index is 12.3. The van der Waals surface area contributed by atoms with Crippen molar-refractivity contribution in [2.75, 3.05) is 50.9 Å². The highest BCUT2D eigenvalue weighted by Gasteiger charge is 2.31. The van der Waals surface area contributed by atoms with Crippen LogP contribution in [0.4, 0.5) is 11.6 Å². The molecule has 0 bridgehead atoms. The number of aliphatic imine (C=N–C) groups is 1. The predicted octanol–water partition coefficient (Wildman–Crippen LogP) is 0.0588. The number of nitrogens with zero attached hydrogens (tertiary/aromatic N) is 4. The Bertz CT molecular complexity index is 1220. The Morgan fingerprint density at radius 2 is 1.67 bits per heavy atom. The first-order valence-electron chi connectivity index (χ1n) is 15.4. The molecule has 1 amide bonds. The number of rotatable bonds is 21. The maximum Gasteiger partial charge on any atom is 0.280 e. The molecule has 2 rings (SSSR count). The minimum absolute atomic E-state index is 0.0770. The lowest BCUT2D eigenvalue weighted by atomic mass is 10.0. The van der Waals surface area contributed by atoms with Crippen LogP contribution in [0.2, 0.25) is 5.15 Å². The molecule has 46 heavy (non-hydrogen) atoms. The number of nitrogens with two attached hydrogens (primary N) is 3. The average molecular weight is 669 g/mol. The first kappa shape index (κ1) is 38.9. The molecule has 16 heteroatoms. The molecule has 0 saturated heterocycles. The lowest BCUT2D eigenvalue weighted by molar-refractivity contribution is -0.119. The molecule has 0 saturated carbocycles. The molecule has 12 N–H and O–H groups in total. The Hall–Kier alpha value is -3.31. The van der Waals surface area contributed by atoms with Gasteiger partial charge in [0.05, 0.1) is 12.7 Å². The fraction of sp³-hybridized carbons (Fsp3) is 0.600. The minimum Gasteiger partial charge on any atom is -0.492 e. The van der Waals surface area contributed by atoms with Crippen molar-refractivity contribution in [2.45, 2.75) is 76.3 Å². The molecule has 4 atom stereocenters. The van der Waals surface area contributed by atoms with Gasteiger partial charge in [0.25, 0.3) is 5.91 Å². The zero-order valence-corrected chi connectivity index (χ0v) is 27.0. The topological polar surface area (TPSA) is 259 Å². The third-order valence-electron chi connectivity index (χ3n) is 7.22. The SMILES string of the molecule is CCCCCCN(CCOc1ccc(CCCCN=C(N)NC(=O)c2nc(Cl)c(N)nc2N)cc1)C[C@@H](O)[C@H](O)[C@@H](O)[C@@H](O)CO. The number of halogens is 1. The van der Waals surface area contributed by atoms with Gasteiger partial charge >= 0.3 is 0 Å². The highest BCUT2D eigenvalue weighted by atomic mass is 35.5. The third kappa shape index (κ3) is 13.6. The maximum absolute atomic E-state index is 12.3. The number of unbranched alkanes of at least 4 members (excludes halogenated alkanes) is 4. The molecule has 0 aliphatic heterocycles. The van der Waals surface area contributed by atoms with Crippen LogP contribution >= 0.6 is 11.6 Å². The predicted molar refractivity (Wildman–Crippen MR) is 176 cm³/mol. The van der Waals surface area contributed by atoms with Crippen molar-refractivity contribution in [1.82, 2.24) is 20.2 Å². The second-order valence-electron chi connectivity index (χ2n) is 11.0. The summed E-state index contributed by atoms with van der Waals surface area (Å²) in [5.74, 6) is -0.334. The van der Waals surface area contributed by atoms with Gasteiger partial charge in [-0.1, -0.05) is 49.9 Å². The molecule has 15 nitrogen and oxygen atoms in total.